The van der Waals surface area contributed by atoms with E-state index >= 15 is 0 Å². The molecule has 0 aliphatic carbocycles. The third kappa shape index (κ3) is 5.93. The molecule has 0 amide bonds. The summed E-state index contributed by atoms with van der Waals surface area (Å²) in [4.78, 5) is 4.80. The number of piperidine rings is 1. The first-order chi connectivity index (χ1) is 10.5. The number of allylic oxidation sites excluding steroid dienone is 2. The summed E-state index contributed by atoms with van der Waals surface area (Å²) in [6.45, 7) is 5.98. The molecule has 0 saturated carbocycles. The molecule has 0 bridgehead atoms. The quantitative estimate of drug-likeness (QED) is 0.429. The molecule has 23 heavy (non-hydrogen) atoms. The number of likely N-dealkylation sites (tertiary alicyclic amines) is 1. The largest absolute Gasteiger partial charge is 0.495 e. The van der Waals surface area contributed by atoms with Gasteiger partial charge in [-0.2, -0.15) is 13.2 Å². The third-order valence-electron chi connectivity index (χ3n) is 3.68. The van der Waals surface area contributed by atoms with Gasteiger partial charge in [-0.1, -0.05) is 13.5 Å². The van der Waals surface area contributed by atoms with E-state index in [1.165, 1.54) is 11.8 Å². The van der Waals surface area contributed by atoms with Crippen molar-refractivity contribution in [2.24, 2.45) is 10.9 Å². The van der Waals surface area contributed by atoms with E-state index in [1.54, 1.807) is 14.0 Å². The Kier molecular flexibility index (Phi) is 6.33. The van der Waals surface area contributed by atoms with Crippen molar-refractivity contribution in [3.63, 3.8) is 0 Å². The molecule has 0 radical (unpaired) electrons. The second-order valence-electron chi connectivity index (χ2n) is 5.79. The van der Waals surface area contributed by atoms with Crippen molar-refractivity contribution in [2.75, 3.05) is 20.2 Å². The van der Waals surface area contributed by atoms with Crippen LogP contribution in [0.2, 0.25) is 0 Å². The molecule has 1 heterocycles. The van der Waals surface area contributed by atoms with Gasteiger partial charge in [0, 0.05) is 12.5 Å². The fourth-order valence-electron chi connectivity index (χ4n) is 2.54. The molecule has 3 nitrogen and oxygen atoms in total. The normalized spacial score (nSPS) is 27.0. The predicted molar refractivity (Wildman–Crippen MR) is 78.5 cm³/mol. The number of rotatable bonds is 5. The number of hydrogen-bond donors (Lipinski definition) is 0. The Hall–Kier alpha value is -1.44. The zero-order valence-corrected chi connectivity index (χ0v) is 13.3. The van der Waals surface area contributed by atoms with Crippen LogP contribution in [0.15, 0.2) is 29.6 Å². The van der Waals surface area contributed by atoms with Gasteiger partial charge >= 0.3 is 6.18 Å². The molecule has 8 heteroatoms. The molecule has 2 unspecified atom stereocenters. The summed E-state index contributed by atoms with van der Waals surface area (Å²) in [7, 11) is 1.58. The Morgan fingerprint density at radius 3 is 2.52 bits per heavy atom. The highest BCUT2D eigenvalue weighted by Crippen LogP contribution is 2.33. The number of ether oxygens (including phenoxy) is 1. The molecular weight excluding hydrogens is 319 g/mol. The molecule has 132 valence electrons. The van der Waals surface area contributed by atoms with Crippen molar-refractivity contribution in [1.82, 2.24) is 4.90 Å². The lowest BCUT2D eigenvalue weighted by atomic mass is 9.89. The first-order valence-electron chi connectivity index (χ1n) is 7.11. The Morgan fingerprint density at radius 2 is 2.04 bits per heavy atom. The summed E-state index contributed by atoms with van der Waals surface area (Å²) in [6.07, 6.45) is -3.25. The number of halogens is 5. The molecule has 0 aromatic carbocycles. The number of hydrogen-bond acceptors (Lipinski definition) is 3. The van der Waals surface area contributed by atoms with Crippen LogP contribution in [0.25, 0.3) is 0 Å². The first-order valence-corrected chi connectivity index (χ1v) is 7.11. The maximum Gasteiger partial charge on any atom is 0.433 e. The van der Waals surface area contributed by atoms with Crippen molar-refractivity contribution in [2.45, 2.75) is 38.4 Å². The van der Waals surface area contributed by atoms with E-state index in [0.717, 1.165) is 6.20 Å². The van der Waals surface area contributed by atoms with Crippen LogP contribution in [0.1, 0.15) is 20.3 Å². The maximum atomic E-state index is 13.4. The fraction of sp³-hybridized carbons (Fsp3) is 0.667. The van der Waals surface area contributed by atoms with Gasteiger partial charge in [-0.15, -0.1) is 0 Å². The standard InChI is InChI=1S/C15H21F5N2O/c1-5-13(15(18,19)20)21-7-11(3)23-8-12-10(2)6-14(16,17)9-22(12)4/h5,7,10,12H,1,6,8-9H2,2-4H3/b11-7+,21-13?. The second-order valence-corrected chi connectivity index (χ2v) is 5.79. The highest BCUT2D eigenvalue weighted by Gasteiger charge is 2.42. The lowest BCUT2D eigenvalue weighted by molar-refractivity contribution is -0.105. The molecular formula is C15H21F5N2O. The van der Waals surface area contributed by atoms with Gasteiger partial charge in [-0.05, 0) is 26.0 Å². The monoisotopic (exact) mass is 340 g/mol. The topological polar surface area (TPSA) is 24.8 Å². The summed E-state index contributed by atoms with van der Waals surface area (Å²) in [5, 5.41) is 0. The van der Waals surface area contributed by atoms with E-state index in [0.29, 0.717) is 6.08 Å². The Labute approximate surface area is 132 Å². The highest BCUT2D eigenvalue weighted by molar-refractivity contribution is 5.99. The first kappa shape index (κ1) is 19.6. The van der Waals surface area contributed by atoms with Crippen molar-refractivity contribution in [3.05, 3.63) is 24.6 Å². The molecule has 0 N–H and O–H groups in total. The average Bonchev–Trinajstić information content (AvgIpc) is 2.35. The maximum absolute atomic E-state index is 13.4. The van der Waals surface area contributed by atoms with Crippen molar-refractivity contribution < 1.29 is 26.7 Å². The van der Waals surface area contributed by atoms with Gasteiger partial charge in [0.25, 0.3) is 5.92 Å². The summed E-state index contributed by atoms with van der Waals surface area (Å²) >= 11 is 0. The molecule has 1 saturated heterocycles. The molecule has 2 atom stereocenters. The minimum absolute atomic E-state index is 0.112. The Bertz CT molecular complexity index is 471. The molecule has 1 aliphatic rings. The zero-order valence-electron chi connectivity index (χ0n) is 13.3. The van der Waals surface area contributed by atoms with Crippen LogP contribution < -0.4 is 0 Å². The predicted octanol–water partition coefficient (Wildman–Crippen LogP) is 4.03. The molecule has 0 aromatic heterocycles. The van der Waals surface area contributed by atoms with Gasteiger partial charge in [0.2, 0.25) is 0 Å². The van der Waals surface area contributed by atoms with Crippen molar-refractivity contribution in [3.8, 4) is 0 Å². The SMILES string of the molecule is C=CC(=N/C=C(\C)OCC1C(C)CC(F)(F)CN1C)C(F)(F)F. The summed E-state index contributed by atoms with van der Waals surface area (Å²) in [6, 6.07) is -0.233. The van der Waals surface area contributed by atoms with Crippen LogP contribution in [0.3, 0.4) is 0 Å². The van der Waals surface area contributed by atoms with Gasteiger partial charge in [-0.25, -0.2) is 13.8 Å². The fourth-order valence-corrected chi connectivity index (χ4v) is 2.54. The highest BCUT2D eigenvalue weighted by atomic mass is 19.4. The van der Waals surface area contributed by atoms with Gasteiger partial charge in [0.05, 0.1) is 12.7 Å². The summed E-state index contributed by atoms with van der Waals surface area (Å²) < 4.78 is 69.6. The molecule has 0 aromatic rings. The Balaban J connectivity index is 2.65. The Morgan fingerprint density at radius 1 is 1.43 bits per heavy atom. The van der Waals surface area contributed by atoms with Crippen molar-refractivity contribution in [1.29, 1.82) is 0 Å². The van der Waals surface area contributed by atoms with Gasteiger partial charge < -0.3 is 4.74 Å². The van der Waals surface area contributed by atoms with Crippen LogP contribution in [0.5, 0.6) is 0 Å². The van der Waals surface area contributed by atoms with Crippen LogP contribution in [-0.2, 0) is 4.74 Å². The number of likely N-dealkylation sites (N-methyl/N-ethyl adjacent to an activating group) is 1. The van der Waals surface area contributed by atoms with Crippen LogP contribution in [0.4, 0.5) is 22.0 Å². The minimum atomic E-state index is -4.58. The van der Waals surface area contributed by atoms with Crippen LogP contribution in [-0.4, -0.2) is 49.0 Å². The molecule has 1 fully saturated rings. The minimum Gasteiger partial charge on any atom is -0.495 e. The van der Waals surface area contributed by atoms with Crippen LogP contribution in [0, 0.1) is 5.92 Å². The lowest BCUT2D eigenvalue weighted by Gasteiger charge is -2.41. The van der Waals surface area contributed by atoms with E-state index in [2.05, 4.69) is 11.6 Å². The lowest BCUT2D eigenvalue weighted by Crippen LogP contribution is -2.52. The van der Waals surface area contributed by atoms with E-state index in [1.807, 2.05) is 0 Å². The third-order valence-corrected chi connectivity index (χ3v) is 3.68. The average molecular weight is 340 g/mol. The molecule has 0 spiro atoms. The van der Waals surface area contributed by atoms with Gasteiger partial charge in [0.1, 0.15) is 18.1 Å². The summed E-state index contributed by atoms with van der Waals surface area (Å²) in [5.74, 6) is -2.85. The number of nitrogens with zero attached hydrogens (tertiary/aromatic N) is 2. The number of aliphatic imine (C=N–C) groups is 1. The van der Waals surface area contributed by atoms with E-state index in [9.17, 15) is 22.0 Å². The van der Waals surface area contributed by atoms with Gasteiger partial charge in [0.15, 0.2) is 0 Å². The second kappa shape index (κ2) is 7.42. The van der Waals surface area contributed by atoms with E-state index in [-0.39, 0.29) is 37.3 Å². The zero-order chi connectivity index (χ0) is 17.8. The molecule has 1 rings (SSSR count). The van der Waals surface area contributed by atoms with Crippen LogP contribution >= 0.6 is 0 Å². The van der Waals surface area contributed by atoms with Gasteiger partial charge in [-0.3, -0.25) is 4.90 Å². The molecule has 1 aliphatic heterocycles. The van der Waals surface area contributed by atoms with E-state index in [4.69, 9.17) is 4.74 Å². The summed E-state index contributed by atoms with van der Waals surface area (Å²) in [5.41, 5.74) is -1.12. The van der Waals surface area contributed by atoms with Crippen molar-refractivity contribution >= 4 is 5.71 Å². The van der Waals surface area contributed by atoms with E-state index < -0.39 is 17.8 Å². The number of alkyl halides is 5. The smallest absolute Gasteiger partial charge is 0.433 e.